The van der Waals surface area contributed by atoms with E-state index in [-0.39, 0.29) is 11.6 Å². The number of nitro groups is 1. The molecule has 2 rings (SSSR count). The molecular formula is C12H13N5O2S. The molecule has 0 saturated carbocycles. The van der Waals surface area contributed by atoms with Gasteiger partial charge in [0.1, 0.15) is 0 Å². The molecule has 0 fully saturated rings. The average molecular weight is 291 g/mol. The first kappa shape index (κ1) is 14.1. The SMILES string of the molecule is CC(C)c1n[nH]c(=S)n1/N=C\c1ccccc1[N+](=O)[O-]. The van der Waals surface area contributed by atoms with Crippen molar-refractivity contribution < 1.29 is 4.92 Å². The number of para-hydroxylation sites is 1. The summed E-state index contributed by atoms with van der Waals surface area (Å²) in [5.74, 6) is 0.802. The lowest BCUT2D eigenvalue weighted by atomic mass is 10.2. The van der Waals surface area contributed by atoms with Crippen molar-refractivity contribution in [2.45, 2.75) is 19.8 Å². The van der Waals surface area contributed by atoms with Crippen LogP contribution in [-0.2, 0) is 0 Å². The van der Waals surface area contributed by atoms with E-state index in [2.05, 4.69) is 15.3 Å². The normalized spacial score (nSPS) is 11.3. The van der Waals surface area contributed by atoms with E-state index in [4.69, 9.17) is 12.2 Å². The van der Waals surface area contributed by atoms with Crippen LogP contribution in [0.15, 0.2) is 29.4 Å². The minimum Gasteiger partial charge on any atom is -0.258 e. The summed E-state index contributed by atoms with van der Waals surface area (Å²) >= 11 is 5.09. The van der Waals surface area contributed by atoms with Crippen LogP contribution in [-0.4, -0.2) is 26.0 Å². The van der Waals surface area contributed by atoms with E-state index >= 15 is 0 Å². The van der Waals surface area contributed by atoms with Gasteiger partial charge in [-0.25, -0.2) is 0 Å². The standard InChI is InChI=1S/C12H13N5O2S/c1-8(2)11-14-15-12(20)16(11)13-7-9-5-3-4-6-10(9)17(18)19/h3-8H,1-2H3,(H,15,20)/b13-7-. The maximum absolute atomic E-state index is 10.9. The van der Waals surface area contributed by atoms with Gasteiger partial charge in [-0.2, -0.15) is 14.9 Å². The number of benzene rings is 1. The molecule has 104 valence electrons. The molecule has 1 aromatic heterocycles. The molecule has 0 spiro atoms. The molecule has 8 heteroatoms. The molecular weight excluding hydrogens is 278 g/mol. The maximum Gasteiger partial charge on any atom is 0.278 e. The number of nitrogens with zero attached hydrogens (tertiary/aromatic N) is 4. The number of hydrogen-bond acceptors (Lipinski definition) is 5. The third kappa shape index (κ3) is 2.80. The number of aromatic nitrogens is 3. The largest absolute Gasteiger partial charge is 0.278 e. The first-order valence-corrected chi connectivity index (χ1v) is 6.36. The topological polar surface area (TPSA) is 89.1 Å². The molecule has 20 heavy (non-hydrogen) atoms. The fourth-order valence-electron chi connectivity index (χ4n) is 1.67. The number of rotatable bonds is 4. The van der Waals surface area contributed by atoms with Gasteiger partial charge in [0.25, 0.3) is 5.69 Å². The molecule has 0 atom stereocenters. The van der Waals surface area contributed by atoms with Crippen molar-refractivity contribution in [3.05, 3.63) is 50.5 Å². The van der Waals surface area contributed by atoms with Gasteiger partial charge >= 0.3 is 0 Å². The molecule has 2 aromatic rings. The number of nitro benzene ring substituents is 1. The Morgan fingerprint density at radius 1 is 1.50 bits per heavy atom. The van der Waals surface area contributed by atoms with E-state index < -0.39 is 4.92 Å². The molecule has 0 amide bonds. The summed E-state index contributed by atoms with van der Waals surface area (Å²) in [4.78, 5) is 10.5. The van der Waals surface area contributed by atoms with E-state index in [0.717, 1.165) is 0 Å². The summed E-state index contributed by atoms with van der Waals surface area (Å²) in [5, 5.41) is 21.9. The number of hydrogen-bond donors (Lipinski definition) is 1. The van der Waals surface area contributed by atoms with Crippen LogP contribution >= 0.6 is 12.2 Å². The predicted octanol–water partition coefficient (Wildman–Crippen LogP) is 2.85. The highest BCUT2D eigenvalue weighted by molar-refractivity contribution is 7.71. The second-order valence-corrected chi connectivity index (χ2v) is 4.80. The van der Waals surface area contributed by atoms with E-state index in [0.29, 0.717) is 16.2 Å². The Hall–Kier alpha value is -2.35. The van der Waals surface area contributed by atoms with Crippen molar-refractivity contribution >= 4 is 24.1 Å². The quantitative estimate of drug-likeness (QED) is 0.406. The van der Waals surface area contributed by atoms with E-state index in [1.807, 2.05) is 13.8 Å². The molecule has 0 aliphatic rings. The zero-order chi connectivity index (χ0) is 14.7. The summed E-state index contributed by atoms with van der Waals surface area (Å²) in [6, 6.07) is 6.38. The third-order valence-electron chi connectivity index (χ3n) is 2.64. The highest BCUT2D eigenvalue weighted by Crippen LogP contribution is 2.16. The Balaban J connectivity index is 2.43. The maximum atomic E-state index is 10.9. The van der Waals surface area contributed by atoms with Crippen LogP contribution in [0.25, 0.3) is 0 Å². The zero-order valence-electron chi connectivity index (χ0n) is 11.0. The highest BCUT2D eigenvalue weighted by Gasteiger charge is 2.12. The monoisotopic (exact) mass is 291 g/mol. The fraction of sp³-hybridized carbons (Fsp3) is 0.250. The van der Waals surface area contributed by atoms with E-state index in [1.165, 1.54) is 17.0 Å². The van der Waals surface area contributed by atoms with Gasteiger partial charge in [0.2, 0.25) is 4.77 Å². The van der Waals surface area contributed by atoms with Gasteiger partial charge in [0.15, 0.2) is 5.82 Å². The predicted molar refractivity (Wildman–Crippen MR) is 77.6 cm³/mol. The number of H-pyrrole nitrogens is 1. The van der Waals surface area contributed by atoms with Gasteiger partial charge < -0.3 is 0 Å². The molecule has 0 aliphatic carbocycles. The minimum absolute atomic E-state index is 0.00244. The Morgan fingerprint density at radius 3 is 2.85 bits per heavy atom. The fourth-order valence-corrected chi connectivity index (χ4v) is 1.86. The summed E-state index contributed by atoms with van der Waals surface area (Å²) in [5.41, 5.74) is 0.410. The van der Waals surface area contributed by atoms with Crippen molar-refractivity contribution in [1.29, 1.82) is 0 Å². The second-order valence-electron chi connectivity index (χ2n) is 4.41. The molecule has 0 aliphatic heterocycles. The Bertz CT molecular complexity index is 717. The first-order valence-electron chi connectivity index (χ1n) is 5.95. The summed E-state index contributed by atoms with van der Waals surface area (Å²) in [6.45, 7) is 3.92. The van der Waals surface area contributed by atoms with Crippen molar-refractivity contribution in [1.82, 2.24) is 14.9 Å². The minimum atomic E-state index is -0.445. The lowest BCUT2D eigenvalue weighted by Crippen LogP contribution is -2.01. The van der Waals surface area contributed by atoms with Gasteiger partial charge in [0.05, 0.1) is 16.7 Å². The molecule has 7 nitrogen and oxygen atoms in total. The molecule has 1 N–H and O–H groups in total. The van der Waals surface area contributed by atoms with E-state index in [9.17, 15) is 10.1 Å². The first-order chi connectivity index (χ1) is 9.50. The molecule has 0 unspecified atom stereocenters. The summed E-state index contributed by atoms with van der Waals surface area (Å²) in [6.07, 6.45) is 1.41. The molecule has 0 bridgehead atoms. The van der Waals surface area contributed by atoms with Gasteiger partial charge in [0, 0.05) is 12.0 Å². The molecule has 1 heterocycles. The molecule has 1 aromatic carbocycles. The summed E-state index contributed by atoms with van der Waals surface area (Å²) < 4.78 is 1.82. The third-order valence-corrected chi connectivity index (χ3v) is 2.90. The van der Waals surface area contributed by atoms with Crippen LogP contribution in [0.4, 0.5) is 5.69 Å². The van der Waals surface area contributed by atoms with Crippen LogP contribution in [0, 0.1) is 14.9 Å². The van der Waals surface area contributed by atoms with Crippen LogP contribution in [0.3, 0.4) is 0 Å². The van der Waals surface area contributed by atoms with Crippen LogP contribution in [0.1, 0.15) is 31.2 Å². The lowest BCUT2D eigenvalue weighted by molar-refractivity contribution is -0.385. The van der Waals surface area contributed by atoms with Crippen molar-refractivity contribution in [3.63, 3.8) is 0 Å². The Morgan fingerprint density at radius 2 is 2.20 bits per heavy atom. The van der Waals surface area contributed by atoms with Crippen molar-refractivity contribution in [3.8, 4) is 0 Å². The Labute approximate surface area is 120 Å². The van der Waals surface area contributed by atoms with E-state index in [1.54, 1.807) is 18.2 Å². The number of aromatic amines is 1. The van der Waals surface area contributed by atoms with Crippen molar-refractivity contribution in [2.75, 3.05) is 0 Å². The second kappa shape index (κ2) is 5.74. The van der Waals surface area contributed by atoms with Gasteiger partial charge in [-0.15, -0.1) is 0 Å². The highest BCUT2D eigenvalue weighted by atomic mass is 32.1. The number of nitrogens with one attached hydrogen (secondary N) is 1. The molecule has 0 radical (unpaired) electrons. The van der Waals surface area contributed by atoms with Crippen molar-refractivity contribution in [2.24, 2.45) is 5.10 Å². The lowest BCUT2D eigenvalue weighted by Gasteiger charge is -2.03. The zero-order valence-corrected chi connectivity index (χ0v) is 11.8. The van der Waals surface area contributed by atoms with Gasteiger partial charge in [-0.1, -0.05) is 26.0 Å². The Kier molecular flexibility index (Phi) is 4.04. The average Bonchev–Trinajstić information content (AvgIpc) is 2.78. The smallest absolute Gasteiger partial charge is 0.258 e. The van der Waals surface area contributed by atoms with Crippen LogP contribution in [0.5, 0.6) is 0 Å². The van der Waals surface area contributed by atoms with Gasteiger partial charge in [-0.3, -0.25) is 15.2 Å². The molecule has 0 saturated heterocycles. The summed E-state index contributed by atoms with van der Waals surface area (Å²) in [7, 11) is 0. The van der Waals surface area contributed by atoms with Crippen LogP contribution in [0.2, 0.25) is 0 Å². The van der Waals surface area contributed by atoms with Gasteiger partial charge in [-0.05, 0) is 18.3 Å². The van der Waals surface area contributed by atoms with Crippen LogP contribution < -0.4 is 0 Å².